The van der Waals surface area contributed by atoms with E-state index in [9.17, 15) is 9.90 Å². The molecule has 0 amide bonds. The summed E-state index contributed by atoms with van der Waals surface area (Å²) in [7, 11) is 1.63. The van der Waals surface area contributed by atoms with E-state index in [1.54, 1.807) is 13.2 Å². The molecule has 2 rings (SSSR count). The Labute approximate surface area is 130 Å². The number of carboxylic acids is 1. The highest BCUT2D eigenvalue weighted by atomic mass is 16.5. The molecule has 0 spiro atoms. The number of phenols is 1. The summed E-state index contributed by atoms with van der Waals surface area (Å²) in [6, 6.07) is 10.6. The van der Waals surface area contributed by atoms with Gasteiger partial charge in [-0.1, -0.05) is 32.0 Å². The fourth-order valence-electron chi connectivity index (χ4n) is 2.53. The Morgan fingerprint density at radius 1 is 1.09 bits per heavy atom. The van der Waals surface area contributed by atoms with Crippen molar-refractivity contribution >= 4 is 5.97 Å². The standard InChI is InChI=1S/C18H20O4/c1-11-9-12(6-8-16(11)22-4)18(2,3)13-5-7-15(19)14(10-13)17(20)21/h5-10,19H,1-4H3,(H,20,21). The maximum absolute atomic E-state index is 11.2. The average molecular weight is 300 g/mol. The van der Waals surface area contributed by atoms with E-state index in [1.807, 2.05) is 39.0 Å². The van der Waals surface area contributed by atoms with Crippen LogP contribution in [0.15, 0.2) is 36.4 Å². The average Bonchev–Trinajstić information content (AvgIpc) is 2.47. The molecule has 0 atom stereocenters. The molecule has 0 aliphatic heterocycles. The number of methoxy groups -OCH3 is 1. The normalized spacial score (nSPS) is 11.3. The zero-order valence-corrected chi connectivity index (χ0v) is 13.2. The minimum absolute atomic E-state index is 0.0872. The zero-order chi connectivity index (χ0) is 16.5. The molecule has 22 heavy (non-hydrogen) atoms. The number of carbonyl (C=O) groups is 1. The molecule has 0 bridgehead atoms. The largest absolute Gasteiger partial charge is 0.507 e. The molecular formula is C18H20O4. The summed E-state index contributed by atoms with van der Waals surface area (Å²) < 4.78 is 5.27. The fraction of sp³-hybridized carbons (Fsp3) is 0.278. The number of hydrogen-bond donors (Lipinski definition) is 2. The predicted octanol–water partition coefficient (Wildman–Crippen LogP) is 3.73. The second-order valence-electron chi connectivity index (χ2n) is 5.85. The molecule has 0 unspecified atom stereocenters. The van der Waals surface area contributed by atoms with Crippen molar-refractivity contribution in [2.45, 2.75) is 26.2 Å². The summed E-state index contributed by atoms with van der Waals surface area (Å²) >= 11 is 0. The molecule has 0 aliphatic rings. The summed E-state index contributed by atoms with van der Waals surface area (Å²) in [4.78, 5) is 11.2. The second kappa shape index (κ2) is 5.72. The molecule has 2 aromatic rings. The topological polar surface area (TPSA) is 66.8 Å². The Bertz CT molecular complexity index is 717. The molecular weight excluding hydrogens is 280 g/mol. The highest BCUT2D eigenvalue weighted by Gasteiger charge is 2.25. The van der Waals surface area contributed by atoms with Gasteiger partial charge in [-0.2, -0.15) is 0 Å². The van der Waals surface area contributed by atoms with Gasteiger partial charge in [-0.15, -0.1) is 0 Å². The van der Waals surface area contributed by atoms with Crippen molar-refractivity contribution in [3.63, 3.8) is 0 Å². The van der Waals surface area contributed by atoms with Crippen LogP contribution < -0.4 is 4.74 Å². The second-order valence-corrected chi connectivity index (χ2v) is 5.85. The van der Waals surface area contributed by atoms with Crippen LogP contribution in [0, 0.1) is 6.92 Å². The molecule has 116 valence electrons. The van der Waals surface area contributed by atoms with Crippen molar-refractivity contribution in [3.8, 4) is 11.5 Å². The molecule has 0 radical (unpaired) electrons. The predicted molar refractivity (Wildman–Crippen MR) is 84.9 cm³/mol. The minimum atomic E-state index is -1.14. The van der Waals surface area contributed by atoms with Gasteiger partial charge in [0.2, 0.25) is 0 Å². The van der Waals surface area contributed by atoms with Crippen molar-refractivity contribution in [1.29, 1.82) is 0 Å². The molecule has 0 fully saturated rings. The van der Waals surface area contributed by atoms with Gasteiger partial charge in [0.1, 0.15) is 17.1 Å². The highest BCUT2D eigenvalue weighted by Crippen LogP contribution is 2.35. The van der Waals surface area contributed by atoms with Crippen molar-refractivity contribution in [2.24, 2.45) is 0 Å². The third kappa shape index (κ3) is 2.77. The summed E-state index contributed by atoms with van der Waals surface area (Å²) in [6.07, 6.45) is 0. The number of rotatable bonds is 4. The Balaban J connectivity index is 2.52. The smallest absolute Gasteiger partial charge is 0.339 e. The zero-order valence-electron chi connectivity index (χ0n) is 13.2. The molecule has 0 saturated carbocycles. The summed E-state index contributed by atoms with van der Waals surface area (Å²) in [5.74, 6) is -0.546. The summed E-state index contributed by atoms with van der Waals surface area (Å²) in [6.45, 7) is 6.01. The SMILES string of the molecule is COc1ccc(C(C)(C)c2ccc(O)c(C(=O)O)c2)cc1C. The Morgan fingerprint density at radius 2 is 1.68 bits per heavy atom. The number of ether oxygens (including phenoxy) is 1. The number of carboxylic acid groups (broad SMARTS) is 1. The number of hydrogen-bond acceptors (Lipinski definition) is 3. The third-order valence-corrected chi connectivity index (χ3v) is 4.07. The van der Waals surface area contributed by atoms with Crippen LogP contribution in [0.1, 0.15) is 40.9 Å². The molecule has 2 aromatic carbocycles. The maximum Gasteiger partial charge on any atom is 0.339 e. The molecule has 4 heteroatoms. The molecule has 0 saturated heterocycles. The van der Waals surface area contributed by atoms with Crippen LogP contribution in [0.5, 0.6) is 11.5 Å². The van der Waals surface area contributed by atoms with Gasteiger partial charge in [0, 0.05) is 5.41 Å². The third-order valence-electron chi connectivity index (χ3n) is 4.07. The Morgan fingerprint density at radius 3 is 2.23 bits per heavy atom. The van der Waals surface area contributed by atoms with E-state index in [2.05, 4.69) is 0 Å². The van der Waals surface area contributed by atoms with Gasteiger partial charge in [-0.25, -0.2) is 4.79 Å². The molecule has 0 aliphatic carbocycles. The van der Waals surface area contributed by atoms with Crippen LogP contribution in [-0.2, 0) is 5.41 Å². The van der Waals surface area contributed by atoms with Gasteiger partial charge in [0.05, 0.1) is 7.11 Å². The van der Waals surface area contributed by atoms with Crippen molar-refractivity contribution < 1.29 is 19.7 Å². The quantitative estimate of drug-likeness (QED) is 0.902. The first-order chi connectivity index (χ1) is 10.3. The van der Waals surface area contributed by atoms with E-state index in [4.69, 9.17) is 9.84 Å². The van der Waals surface area contributed by atoms with Gasteiger partial charge in [-0.05, 0) is 41.8 Å². The molecule has 4 nitrogen and oxygen atoms in total. The lowest BCUT2D eigenvalue weighted by molar-refractivity contribution is 0.0693. The first-order valence-corrected chi connectivity index (χ1v) is 6.99. The van der Waals surface area contributed by atoms with Crippen LogP contribution >= 0.6 is 0 Å². The van der Waals surface area contributed by atoms with Crippen molar-refractivity contribution in [2.75, 3.05) is 7.11 Å². The fourth-order valence-corrected chi connectivity index (χ4v) is 2.53. The summed E-state index contributed by atoms with van der Waals surface area (Å²) in [5.41, 5.74) is 2.41. The number of aryl methyl sites for hydroxylation is 1. The van der Waals surface area contributed by atoms with Crippen LogP contribution in [0.25, 0.3) is 0 Å². The van der Waals surface area contributed by atoms with Crippen LogP contribution in [-0.4, -0.2) is 23.3 Å². The van der Waals surface area contributed by atoms with Crippen LogP contribution in [0.4, 0.5) is 0 Å². The van der Waals surface area contributed by atoms with E-state index in [1.165, 1.54) is 12.1 Å². The minimum Gasteiger partial charge on any atom is -0.507 e. The molecule has 0 heterocycles. The lowest BCUT2D eigenvalue weighted by atomic mass is 9.77. The monoisotopic (exact) mass is 300 g/mol. The lowest BCUT2D eigenvalue weighted by Gasteiger charge is -2.27. The van der Waals surface area contributed by atoms with E-state index in [0.29, 0.717) is 0 Å². The number of aromatic hydroxyl groups is 1. The molecule has 2 N–H and O–H groups in total. The van der Waals surface area contributed by atoms with Crippen molar-refractivity contribution in [3.05, 3.63) is 58.7 Å². The Hall–Kier alpha value is -2.49. The maximum atomic E-state index is 11.2. The Kier molecular flexibility index (Phi) is 4.13. The van der Waals surface area contributed by atoms with Gasteiger partial charge in [0.25, 0.3) is 0 Å². The lowest BCUT2D eigenvalue weighted by Crippen LogP contribution is -2.19. The number of aromatic carboxylic acids is 1. The highest BCUT2D eigenvalue weighted by molar-refractivity contribution is 5.91. The van der Waals surface area contributed by atoms with Crippen LogP contribution in [0.3, 0.4) is 0 Å². The van der Waals surface area contributed by atoms with E-state index in [-0.39, 0.29) is 11.3 Å². The van der Waals surface area contributed by atoms with Gasteiger partial charge < -0.3 is 14.9 Å². The van der Waals surface area contributed by atoms with E-state index < -0.39 is 11.4 Å². The number of benzene rings is 2. The van der Waals surface area contributed by atoms with E-state index >= 15 is 0 Å². The van der Waals surface area contributed by atoms with Crippen LogP contribution in [0.2, 0.25) is 0 Å². The van der Waals surface area contributed by atoms with Gasteiger partial charge >= 0.3 is 5.97 Å². The molecule has 0 aromatic heterocycles. The van der Waals surface area contributed by atoms with Gasteiger partial charge in [0.15, 0.2) is 0 Å². The van der Waals surface area contributed by atoms with Gasteiger partial charge in [-0.3, -0.25) is 0 Å². The van der Waals surface area contributed by atoms with Crippen molar-refractivity contribution in [1.82, 2.24) is 0 Å². The summed E-state index contributed by atoms with van der Waals surface area (Å²) in [5, 5.41) is 18.8. The first kappa shape index (κ1) is 15.9. The van der Waals surface area contributed by atoms with E-state index in [0.717, 1.165) is 22.4 Å². The first-order valence-electron chi connectivity index (χ1n) is 6.99.